The number of hydrogen-bond acceptors (Lipinski definition) is 3. The Morgan fingerprint density at radius 3 is 2.40 bits per heavy atom. The van der Waals surface area contributed by atoms with Crippen LogP contribution in [0.1, 0.15) is 35.4 Å². The molecule has 7 heteroatoms. The molecule has 0 radical (unpaired) electrons. The minimum absolute atomic E-state index is 0. The Bertz CT molecular complexity index is 669. The second-order valence-corrected chi connectivity index (χ2v) is 5.76. The average Bonchev–Trinajstić information content (AvgIpc) is 2.57. The minimum Gasteiger partial charge on any atom is -1.00 e. The quantitative estimate of drug-likeness (QED) is 0.357. The monoisotopic (exact) mass is 386 g/mol. The van der Waals surface area contributed by atoms with Crippen molar-refractivity contribution in [2.45, 2.75) is 25.5 Å². The molecule has 0 saturated heterocycles. The standard InChI is InChI=1S/C18H22N2O3.2ClH/c1-12(18(23)13-5-3-2-4-6-13)20-10-9-16(21)14-7-8-17(22)15(19)11-14;;/h2-8,11-12,18,20,22-23H,9-10,19H2,1H3;2*1H. The van der Waals surface area contributed by atoms with E-state index in [9.17, 15) is 15.0 Å². The fraction of sp³-hybridized carbons (Fsp3) is 0.278. The summed E-state index contributed by atoms with van der Waals surface area (Å²) in [6, 6.07) is 14.2. The molecule has 2 atom stereocenters. The number of aromatic hydroxyl groups is 1. The maximum absolute atomic E-state index is 12.1. The lowest BCUT2D eigenvalue weighted by atomic mass is 10.0. The van der Waals surface area contributed by atoms with Crippen molar-refractivity contribution in [3.05, 3.63) is 59.7 Å². The van der Waals surface area contributed by atoms with Gasteiger partial charge in [0.15, 0.2) is 17.2 Å². The number of phenols is 1. The highest BCUT2D eigenvalue weighted by Gasteiger charge is 2.19. The molecule has 2 unspecified atom stereocenters. The number of phenolic OH excluding ortho intramolecular Hbond substituents is 1. The maximum Gasteiger partial charge on any atom is 0.177 e. The van der Waals surface area contributed by atoms with Crippen LogP contribution in [-0.2, 0) is 0 Å². The largest absolute Gasteiger partial charge is 1.00 e. The molecule has 0 aliphatic rings. The number of ketones is 1. The fourth-order valence-corrected chi connectivity index (χ4v) is 2.46. The Morgan fingerprint density at radius 2 is 1.80 bits per heavy atom. The van der Waals surface area contributed by atoms with E-state index in [4.69, 9.17) is 0 Å². The Hall–Kier alpha value is -1.63. The van der Waals surface area contributed by atoms with Crippen molar-refractivity contribution in [3.63, 3.8) is 0 Å². The first kappa shape index (κ1) is 23.4. The lowest BCUT2D eigenvalue weighted by Crippen LogP contribution is -3.00. The molecule has 5 nitrogen and oxygen atoms in total. The van der Waals surface area contributed by atoms with E-state index in [1.54, 1.807) is 12.1 Å². The number of benzene rings is 2. The summed E-state index contributed by atoms with van der Waals surface area (Å²) >= 11 is 0. The Balaban J connectivity index is 0.00000288. The molecule has 2 rings (SSSR count). The van der Waals surface area contributed by atoms with Crippen LogP contribution in [0.2, 0.25) is 0 Å². The first-order valence-corrected chi connectivity index (χ1v) is 7.73. The molecule has 0 aromatic heterocycles. The molecule has 0 heterocycles. The summed E-state index contributed by atoms with van der Waals surface area (Å²) in [6.07, 6.45) is -0.192. The highest BCUT2D eigenvalue weighted by atomic mass is 35.5. The van der Waals surface area contributed by atoms with E-state index in [-0.39, 0.29) is 42.4 Å². The van der Waals surface area contributed by atoms with Gasteiger partial charge in [0.05, 0.1) is 13.0 Å². The van der Waals surface area contributed by atoms with Gasteiger partial charge in [0.25, 0.3) is 0 Å². The van der Waals surface area contributed by atoms with Gasteiger partial charge in [0.2, 0.25) is 0 Å². The molecule has 0 aliphatic carbocycles. The molecule has 25 heavy (non-hydrogen) atoms. The number of aliphatic hydroxyl groups is 1. The topological polar surface area (TPSA) is 102 Å². The number of Topliss-reactive ketones (excluding diaryl/α,β-unsaturated/α-hetero) is 1. The lowest BCUT2D eigenvalue weighted by Gasteiger charge is -2.17. The van der Waals surface area contributed by atoms with Gasteiger partial charge in [-0.05, 0) is 24.6 Å². The molecule has 0 aliphatic heterocycles. The van der Waals surface area contributed by atoms with Crippen LogP contribution in [0.15, 0.2) is 48.5 Å². The molecule has 0 bridgehead atoms. The second kappa shape index (κ2) is 11.1. The Morgan fingerprint density at radius 1 is 1.16 bits per heavy atom. The predicted molar refractivity (Wildman–Crippen MR) is 87.3 cm³/mol. The van der Waals surface area contributed by atoms with Gasteiger partial charge in [-0.1, -0.05) is 30.3 Å². The SMILES string of the molecule is CC([NH2+]CCC(=O)c1ccc(O)c([NH3+])c1)C(O)c1ccccc1.[Cl-].[Cl-]. The molecule has 0 amide bonds. The summed E-state index contributed by atoms with van der Waals surface area (Å²) in [7, 11) is 0. The minimum atomic E-state index is -0.564. The summed E-state index contributed by atoms with van der Waals surface area (Å²) in [5.41, 5.74) is 5.57. The highest BCUT2D eigenvalue weighted by Crippen LogP contribution is 2.19. The molecule has 138 valence electrons. The van der Waals surface area contributed by atoms with E-state index in [1.807, 2.05) is 42.6 Å². The van der Waals surface area contributed by atoms with Gasteiger partial charge < -0.3 is 46.1 Å². The van der Waals surface area contributed by atoms with Crippen LogP contribution in [0.25, 0.3) is 0 Å². The average molecular weight is 387 g/mol. The van der Waals surface area contributed by atoms with Crippen molar-refractivity contribution in [3.8, 4) is 5.75 Å². The van der Waals surface area contributed by atoms with Gasteiger partial charge in [-0.15, -0.1) is 0 Å². The highest BCUT2D eigenvalue weighted by molar-refractivity contribution is 5.96. The number of nitrogens with two attached hydrogens (primary N) is 1. The third kappa shape index (κ3) is 6.65. The van der Waals surface area contributed by atoms with Crippen molar-refractivity contribution in [1.29, 1.82) is 0 Å². The number of quaternary nitrogens is 2. The van der Waals surface area contributed by atoms with Gasteiger partial charge in [-0.2, -0.15) is 0 Å². The first-order chi connectivity index (χ1) is 11.0. The third-order valence-electron chi connectivity index (χ3n) is 3.95. The van der Waals surface area contributed by atoms with Gasteiger partial charge >= 0.3 is 0 Å². The van der Waals surface area contributed by atoms with E-state index in [2.05, 4.69) is 5.73 Å². The van der Waals surface area contributed by atoms with E-state index in [0.717, 1.165) is 5.56 Å². The maximum atomic E-state index is 12.1. The molecule has 0 fully saturated rings. The summed E-state index contributed by atoms with van der Waals surface area (Å²) in [6.45, 7) is 2.54. The van der Waals surface area contributed by atoms with Gasteiger partial charge in [0, 0.05) is 11.6 Å². The van der Waals surface area contributed by atoms with Crippen molar-refractivity contribution in [2.75, 3.05) is 6.54 Å². The van der Waals surface area contributed by atoms with Crippen molar-refractivity contribution in [2.24, 2.45) is 0 Å². The van der Waals surface area contributed by atoms with E-state index < -0.39 is 6.10 Å². The van der Waals surface area contributed by atoms with E-state index >= 15 is 0 Å². The number of rotatable bonds is 7. The lowest BCUT2D eigenvalue weighted by molar-refractivity contribution is -0.693. The van der Waals surface area contributed by atoms with Gasteiger partial charge in [-0.25, -0.2) is 0 Å². The molecule has 7 N–H and O–H groups in total. The van der Waals surface area contributed by atoms with E-state index in [0.29, 0.717) is 24.2 Å². The van der Waals surface area contributed by atoms with Crippen LogP contribution in [0.5, 0.6) is 5.75 Å². The number of carbonyl (C=O) groups is 1. The van der Waals surface area contributed by atoms with Crippen molar-refractivity contribution in [1.82, 2.24) is 0 Å². The van der Waals surface area contributed by atoms with Gasteiger partial charge in [0.1, 0.15) is 12.1 Å². The zero-order valence-electron chi connectivity index (χ0n) is 14.0. The molecule has 2 aromatic carbocycles. The third-order valence-corrected chi connectivity index (χ3v) is 3.95. The molecular formula is C18H24Cl2N2O3. The smallest absolute Gasteiger partial charge is 0.177 e. The zero-order chi connectivity index (χ0) is 16.8. The van der Waals surface area contributed by atoms with Crippen LogP contribution in [-0.4, -0.2) is 28.6 Å². The number of carbonyl (C=O) groups excluding carboxylic acids is 1. The predicted octanol–water partition coefficient (Wildman–Crippen LogP) is -5.47. The summed E-state index contributed by atoms with van der Waals surface area (Å²) < 4.78 is 0. The summed E-state index contributed by atoms with van der Waals surface area (Å²) in [4.78, 5) is 12.1. The second-order valence-electron chi connectivity index (χ2n) is 5.76. The first-order valence-electron chi connectivity index (χ1n) is 7.73. The zero-order valence-corrected chi connectivity index (χ0v) is 15.5. The number of hydrogen-bond donors (Lipinski definition) is 4. The van der Waals surface area contributed by atoms with Crippen molar-refractivity contribution < 1.29 is 50.9 Å². The Kier molecular flexibility index (Phi) is 10.4. The number of halogens is 2. The molecule has 2 aromatic rings. The van der Waals surface area contributed by atoms with E-state index in [1.165, 1.54) is 6.07 Å². The molecule has 0 saturated carbocycles. The van der Waals surface area contributed by atoms with Crippen LogP contribution in [0, 0.1) is 0 Å². The molecule has 0 spiro atoms. The van der Waals surface area contributed by atoms with Crippen LogP contribution in [0.4, 0.5) is 5.69 Å². The van der Waals surface area contributed by atoms with Crippen LogP contribution >= 0.6 is 0 Å². The fourth-order valence-electron chi connectivity index (χ4n) is 2.46. The Labute approximate surface area is 160 Å². The van der Waals surface area contributed by atoms with Crippen molar-refractivity contribution >= 4 is 11.5 Å². The van der Waals surface area contributed by atoms with Gasteiger partial charge in [-0.3, -0.25) is 4.79 Å². The summed E-state index contributed by atoms with van der Waals surface area (Å²) in [5, 5.41) is 21.7. The normalized spacial score (nSPS) is 12.4. The summed E-state index contributed by atoms with van der Waals surface area (Å²) in [5.74, 6) is 0.0975. The van der Waals surface area contributed by atoms with Crippen LogP contribution < -0.4 is 35.9 Å². The molecular weight excluding hydrogens is 363 g/mol. The van der Waals surface area contributed by atoms with Crippen LogP contribution in [0.3, 0.4) is 0 Å². The number of aliphatic hydroxyl groups excluding tert-OH is 1.